The first-order valence-electron chi connectivity index (χ1n) is 13.8. The van der Waals surface area contributed by atoms with Crippen LogP contribution in [0.4, 0.5) is 0 Å². The third-order valence-electron chi connectivity index (χ3n) is 8.46. The van der Waals surface area contributed by atoms with E-state index in [1.165, 1.54) is 76.5 Å². The summed E-state index contributed by atoms with van der Waals surface area (Å²) in [5.41, 5.74) is 7.32. The highest BCUT2D eigenvalue weighted by Crippen LogP contribution is 2.46. The van der Waals surface area contributed by atoms with Gasteiger partial charge in [-0.15, -0.1) is 0 Å². The zero-order valence-electron chi connectivity index (χ0n) is 21.8. The van der Waals surface area contributed by atoms with Gasteiger partial charge in [-0.25, -0.2) is 0 Å². The summed E-state index contributed by atoms with van der Waals surface area (Å²) < 4.78 is 4.86. The van der Waals surface area contributed by atoms with Crippen molar-refractivity contribution in [2.75, 3.05) is 0 Å². The molecule has 0 radical (unpaired) electrons. The van der Waals surface area contributed by atoms with Crippen molar-refractivity contribution in [1.82, 2.24) is 9.13 Å². The quantitative estimate of drug-likeness (QED) is 0.206. The van der Waals surface area contributed by atoms with Gasteiger partial charge in [0.05, 0.1) is 22.1 Å². The molecule has 0 spiro atoms. The third kappa shape index (κ3) is 2.77. The molecule has 9 aromatic rings. The molecule has 0 bridgehead atoms. The van der Waals surface area contributed by atoms with Gasteiger partial charge in [-0.3, -0.25) is 0 Å². The van der Waals surface area contributed by atoms with Crippen LogP contribution in [0.5, 0.6) is 0 Å². The molecule has 0 aliphatic carbocycles. The molecular weight excluding hydrogens is 484 g/mol. The Morgan fingerprint density at radius 1 is 0.275 bits per heavy atom. The number of hydrogen-bond donors (Lipinski definition) is 0. The Hall–Kier alpha value is -5.34. The van der Waals surface area contributed by atoms with Gasteiger partial charge in [-0.1, -0.05) is 103 Å². The highest BCUT2D eigenvalue weighted by Gasteiger charge is 2.22. The average molecular weight is 509 g/mol. The lowest BCUT2D eigenvalue weighted by atomic mass is 9.93. The fourth-order valence-electron chi connectivity index (χ4n) is 6.92. The van der Waals surface area contributed by atoms with E-state index in [2.05, 4.69) is 155 Å². The van der Waals surface area contributed by atoms with Gasteiger partial charge in [0.25, 0.3) is 0 Å². The highest BCUT2D eigenvalue weighted by atomic mass is 15.0. The Morgan fingerprint density at radius 2 is 0.775 bits per heavy atom. The monoisotopic (exact) mass is 508 g/mol. The summed E-state index contributed by atoms with van der Waals surface area (Å²) in [5.74, 6) is 0. The molecule has 9 rings (SSSR count). The van der Waals surface area contributed by atoms with E-state index in [4.69, 9.17) is 0 Å². The van der Waals surface area contributed by atoms with Gasteiger partial charge in [0.1, 0.15) is 0 Å². The molecule has 0 saturated heterocycles. The van der Waals surface area contributed by atoms with E-state index in [0.717, 1.165) is 0 Å². The molecule has 186 valence electrons. The molecule has 2 aromatic heterocycles. The maximum atomic E-state index is 2.45. The SMILES string of the molecule is c1ccc(-n2c3ccccc3c3c4c5ccccc5c5c(c4ccc32)c2ccccc2n5-c2ccccc2)cc1. The summed E-state index contributed by atoms with van der Waals surface area (Å²) in [7, 11) is 0. The van der Waals surface area contributed by atoms with Crippen molar-refractivity contribution in [3.8, 4) is 11.4 Å². The predicted octanol–water partition coefficient (Wildman–Crippen LogP) is 10.2. The topological polar surface area (TPSA) is 9.86 Å². The number of para-hydroxylation sites is 4. The Labute approximate surface area is 230 Å². The van der Waals surface area contributed by atoms with Gasteiger partial charge in [0.15, 0.2) is 0 Å². The van der Waals surface area contributed by atoms with E-state index in [9.17, 15) is 0 Å². The van der Waals surface area contributed by atoms with Crippen molar-refractivity contribution in [2.45, 2.75) is 0 Å². The van der Waals surface area contributed by atoms with Crippen molar-refractivity contribution in [3.05, 3.63) is 146 Å². The molecule has 2 heterocycles. The first-order chi connectivity index (χ1) is 19.9. The summed E-state index contributed by atoms with van der Waals surface area (Å²) in [6.45, 7) is 0. The van der Waals surface area contributed by atoms with E-state index < -0.39 is 0 Å². The van der Waals surface area contributed by atoms with Crippen LogP contribution >= 0.6 is 0 Å². The van der Waals surface area contributed by atoms with Crippen molar-refractivity contribution in [2.24, 2.45) is 0 Å². The van der Waals surface area contributed by atoms with E-state index in [0.29, 0.717) is 0 Å². The maximum absolute atomic E-state index is 2.45. The second kappa shape index (κ2) is 8.08. The zero-order chi connectivity index (χ0) is 26.2. The molecule has 0 N–H and O–H groups in total. The minimum atomic E-state index is 1.18. The first-order valence-corrected chi connectivity index (χ1v) is 13.8. The van der Waals surface area contributed by atoms with Crippen molar-refractivity contribution < 1.29 is 0 Å². The van der Waals surface area contributed by atoms with Gasteiger partial charge in [-0.2, -0.15) is 0 Å². The lowest BCUT2D eigenvalue weighted by Crippen LogP contribution is -1.95. The number of hydrogen-bond acceptors (Lipinski definition) is 0. The van der Waals surface area contributed by atoms with Crippen LogP contribution < -0.4 is 0 Å². The molecule has 2 nitrogen and oxygen atoms in total. The fourth-order valence-corrected chi connectivity index (χ4v) is 6.92. The average Bonchev–Trinajstić information content (AvgIpc) is 3.56. The summed E-state index contributed by atoms with van der Waals surface area (Å²) in [6, 6.07) is 52.8. The maximum Gasteiger partial charge on any atom is 0.0625 e. The minimum Gasteiger partial charge on any atom is -0.309 e. The van der Waals surface area contributed by atoms with Crippen LogP contribution in [-0.2, 0) is 0 Å². The van der Waals surface area contributed by atoms with Crippen LogP contribution in [-0.4, -0.2) is 9.13 Å². The van der Waals surface area contributed by atoms with Crippen molar-refractivity contribution in [1.29, 1.82) is 0 Å². The van der Waals surface area contributed by atoms with Gasteiger partial charge in [-0.05, 0) is 53.2 Å². The van der Waals surface area contributed by atoms with Gasteiger partial charge in [0, 0.05) is 43.7 Å². The standard InChI is InChI=1S/C38H24N2/c1-3-13-25(14-4-1)39-32-21-11-10-20-30(32)37-34(39)24-23-31-35(37)27-17-7-8-18-28(27)38-36(31)29-19-9-12-22-33(29)40(38)26-15-5-2-6-16-26/h1-24H. The van der Waals surface area contributed by atoms with Crippen LogP contribution in [0.1, 0.15) is 0 Å². The van der Waals surface area contributed by atoms with E-state index in [1.54, 1.807) is 0 Å². The van der Waals surface area contributed by atoms with Crippen molar-refractivity contribution in [3.63, 3.8) is 0 Å². The van der Waals surface area contributed by atoms with E-state index in [1.807, 2.05) is 0 Å². The van der Waals surface area contributed by atoms with Gasteiger partial charge >= 0.3 is 0 Å². The second-order valence-corrected chi connectivity index (χ2v) is 10.5. The smallest absolute Gasteiger partial charge is 0.0625 e. The molecule has 0 amide bonds. The molecule has 0 atom stereocenters. The first kappa shape index (κ1) is 21.6. The lowest BCUT2D eigenvalue weighted by molar-refractivity contribution is 1.18. The number of nitrogens with zero attached hydrogens (tertiary/aromatic N) is 2. The number of aromatic nitrogens is 2. The summed E-state index contributed by atoms with van der Waals surface area (Å²) in [4.78, 5) is 0. The predicted molar refractivity (Wildman–Crippen MR) is 170 cm³/mol. The molecular formula is C38H24N2. The van der Waals surface area contributed by atoms with Gasteiger partial charge in [0.2, 0.25) is 0 Å². The molecule has 2 heteroatoms. The van der Waals surface area contributed by atoms with Crippen LogP contribution in [0, 0.1) is 0 Å². The molecule has 0 saturated carbocycles. The van der Waals surface area contributed by atoms with E-state index in [-0.39, 0.29) is 0 Å². The van der Waals surface area contributed by atoms with Crippen LogP contribution in [0.15, 0.2) is 146 Å². The Bertz CT molecular complexity index is 2400. The lowest BCUT2D eigenvalue weighted by Gasteiger charge is -2.13. The summed E-state index contributed by atoms with van der Waals surface area (Å²) in [6.07, 6.45) is 0. The Kier molecular flexibility index (Phi) is 4.36. The largest absolute Gasteiger partial charge is 0.309 e. The molecule has 0 fully saturated rings. The van der Waals surface area contributed by atoms with Crippen LogP contribution in [0.25, 0.3) is 76.5 Å². The van der Waals surface area contributed by atoms with Gasteiger partial charge < -0.3 is 9.13 Å². The molecule has 0 aliphatic heterocycles. The zero-order valence-corrected chi connectivity index (χ0v) is 21.8. The number of benzene rings is 7. The third-order valence-corrected chi connectivity index (χ3v) is 8.46. The number of rotatable bonds is 2. The van der Waals surface area contributed by atoms with Crippen LogP contribution in [0.2, 0.25) is 0 Å². The fraction of sp³-hybridized carbons (Fsp3) is 0. The molecule has 0 aliphatic rings. The summed E-state index contributed by atoms with van der Waals surface area (Å²) >= 11 is 0. The Balaban J connectivity index is 1.59. The second-order valence-electron chi connectivity index (χ2n) is 10.5. The van der Waals surface area contributed by atoms with E-state index >= 15 is 0 Å². The minimum absolute atomic E-state index is 1.18. The molecule has 0 unspecified atom stereocenters. The Morgan fingerprint density at radius 3 is 1.45 bits per heavy atom. The number of fused-ring (bicyclic) bond motifs is 12. The van der Waals surface area contributed by atoms with Crippen molar-refractivity contribution >= 4 is 65.2 Å². The molecule has 7 aromatic carbocycles. The van der Waals surface area contributed by atoms with Crippen LogP contribution in [0.3, 0.4) is 0 Å². The normalized spacial score (nSPS) is 12.0. The molecule has 40 heavy (non-hydrogen) atoms. The summed E-state index contributed by atoms with van der Waals surface area (Å²) in [5, 5.41) is 10.4. The highest BCUT2D eigenvalue weighted by molar-refractivity contribution is 6.38.